The molecule has 174 valence electrons. The summed E-state index contributed by atoms with van der Waals surface area (Å²) in [6.45, 7) is 0.880. The van der Waals surface area contributed by atoms with Gasteiger partial charge in [-0.3, -0.25) is 0 Å². The Bertz CT molecular complexity index is 1100. The molecule has 2 atom stereocenters. The Labute approximate surface area is 195 Å². The normalized spacial score (nSPS) is 19.6. The molecule has 0 saturated carbocycles. The van der Waals surface area contributed by atoms with E-state index in [1.54, 1.807) is 35.5 Å². The van der Waals surface area contributed by atoms with Crippen molar-refractivity contribution >= 4 is 5.57 Å². The highest BCUT2D eigenvalue weighted by Gasteiger charge is 2.40. The molecule has 1 saturated heterocycles. The molecule has 7 nitrogen and oxygen atoms in total. The third-order valence-corrected chi connectivity index (χ3v) is 6.69. The second-order valence-electron chi connectivity index (χ2n) is 8.15. The van der Waals surface area contributed by atoms with Crippen molar-refractivity contribution in [2.45, 2.75) is 31.2 Å². The first kappa shape index (κ1) is 22.7. The second kappa shape index (κ2) is 9.53. The molecule has 2 heterocycles. The van der Waals surface area contributed by atoms with Crippen LogP contribution in [0.2, 0.25) is 0 Å². The minimum Gasteiger partial charge on any atom is -0.493 e. The molecule has 1 fully saturated rings. The lowest BCUT2D eigenvalue weighted by atomic mass is 9.77. The van der Waals surface area contributed by atoms with Crippen LogP contribution in [0.4, 0.5) is 0 Å². The molecule has 0 unspecified atom stereocenters. The van der Waals surface area contributed by atoms with Crippen molar-refractivity contribution in [1.82, 2.24) is 4.90 Å². The zero-order valence-corrected chi connectivity index (χ0v) is 19.8. The molecule has 0 radical (unpaired) electrons. The largest absolute Gasteiger partial charge is 0.493 e. The van der Waals surface area contributed by atoms with Crippen molar-refractivity contribution < 1.29 is 23.7 Å². The molecule has 0 aliphatic carbocycles. The van der Waals surface area contributed by atoms with E-state index in [9.17, 15) is 5.26 Å². The van der Waals surface area contributed by atoms with Gasteiger partial charge in [0, 0.05) is 29.6 Å². The van der Waals surface area contributed by atoms with Crippen LogP contribution in [0, 0.1) is 11.3 Å². The fraction of sp³-hybridized carbons (Fsp3) is 0.423. The zero-order chi connectivity index (χ0) is 23.5. The van der Waals surface area contributed by atoms with Crippen LogP contribution < -0.4 is 23.7 Å². The number of ether oxygens (including phenoxy) is 5. The third kappa shape index (κ3) is 3.80. The predicted octanol–water partition coefficient (Wildman–Crippen LogP) is 4.62. The molecule has 0 amide bonds. The van der Waals surface area contributed by atoms with Crippen molar-refractivity contribution in [1.29, 1.82) is 5.26 Å². The van der Waals surface area contributed by atoms with E-state index < -0.39 is 0 Å². The van der Waals surface area contributed by atoms with Gasteiger partial charge in [-0.05, 0) is 49.1 Å². The fourth-order valence-electron chi connectivity index (χ4n) is 5.21. The van der Waals surface area contributed by atoms with Crippen molar-refractivity contribution in [3.05, 3.63) is 47.2 Å². The molecule has 2 aliphatic rings. The van der Waals surface area contributed by atoms with E-state index in [-0.39, 0.29) is 5.92 Å². The topological polar surface area (TPSA) is 73.2 Å². The number of methoxy groups -OCH3 is 5. The number of hydrogen-bond acceptors (Lipinski definition) is 7. The number of nitriles is 1. The number of nitrogens with zero attached hydrogens (tertiary/aromatic N) is 2. The molecule has 0 aromatic heterocycles. The van der Waals surface area contributed by atoms with Crippen LogP contribution in [0.15, 0.2) is 36.0 Å². The number of allylic oxidation sites excluding steroid dienone is 2. The lowest BCUT2D eigenvalue weighted by Crippen LogP contribution is -2.35. The van der Waals surface area contributed by atoms with Gasteiger partial charge in [0.15, 0.2) is 23.0 Å². The second-order valence-corrected chi connectivity index (χ2v) is 8.15. The maximum atomic E-state index is 10.3. The van der Waals surface area contributed by atoms with Crippen LogP contribution in [0.3, 0.4) is 0 Å². The molecular formula is C26H30N2O5. The molecule has 7 heteroatoms. The predicted molar refractivity (Wildman–Crippen MR) is 125 cm³/mol. The van der Waals surface area contributed by atoms with Crippen molar-refractivity contribution in [2.24, 2.45) is 0 Å². The Morgan fingerprint density at radius 1 is 0.848 bits per heavy atom. The Morgan fingerprint density at radius 3 is 2.18 bits per heavy atom. The van der Waals surface area contributed by atoms with Crippen LogP contribution in [0.5, 0.6) is 28.7 Å². The number of hydrogen-bond donors (Lipinski definition) is 0. The van der Waals surface area contributed by atoms with Gasteiger partial charge in [0.2, 0.25) is 5.75 Å². The standard InChI is InChI=1S/C26H30N2O5/c1-29-21-10-8-16(13-23(21)31-3)19-14-17-7-6-12-28(17)20(15-27)24(19)18-9-11-22(30-2)26(33-5)25(18)32-4/h8-11,13,17,19H,6-7,12,14H2,1-5H3/t17-,19-/m0/s1. The van der Waals surface area contributed by atoms with E-state index in [0.717, 1.165) is 42.5 Å². The highest BCUT2D eigenvalue weighted by molar-refractivity contribution is 5.83. The van der Waals surface area contributed by atoms with Gasteiger partial charge in [0.1, 0.15) is 11.8 Å². The van der Waals surface area contributed by atoms with Crippen LogP contribution >= 0.6 is 0 Å². The van der Waals surface area contributed by atoms with Crippen LogP contribution in [-0.4, -0.2) is 53.0 Å². The first-order valence-electron chi connectivity index (χ1n) is 11.0. The highest BCUT2D eigenvalue weighted by atomic mass is 16.5. The first-order valence-corrected chi connectivity index (χ1v) is 11.0. The van der Waals surface area contributed by atoms with E-state index in [1.807, 2.05) is 24.3 Å². The van der Waals surface area contributed by atoms with Gasteiger partial charge in [-0.1, -0.05) is 6.07 Å². The molecule has 33 heavy (non-hydrogen) atoms. The Hall–Kier alpha value is -3.53. The van der Waals surface area contributed by atoms with Crippen molar-refractivity contribution in [3.63, 3.8) is 0 Å². The number of benzene rings is 2. The summed E-state index contributed by atoms with van der Waals surface area (Å²) in [5.74, 6) is 2.97. The average Bonchev–Trinajstić information content (AvgIpc) is 3.34. The summed E-state index contributed by atoms with van der Waals surface area (Å²) in [4.78, 5) is 2.25. The average molecular weight is 451 g/mol. The smallest absolute Gasteiger partial charge is 0.203 e. The first-order chi connectivity index (χ1) is 16.1. The quantitative estimate of drug-likeness (QED) is 0.610. The maximum Gasteiger partial charge on any atom is 0.203 e. The van der Waals surface area contributed by atoms with E-state index in [4.69, 9.17) is 23.7 Å². The van der Waals surface area contributed by atoms with Gasteiger partial charge < -0.3 is 28.6 Å². The zero-order valence-electron chi connectivity index (χ0n) is 19.8. The van der Waals surface area contributed by atoms with Gasteiger partial charge >= 0.3 is 0 Å². The molecule has 4 rings (SSSR count). The molecule has 0 N–H and O–H groups in total. The van der Waals surface area contributed by atoms with Gasteiger partial charge in [-0.15, -0.1) is 0 Å². The summed E-state index contributed by atoms with van der Waals surface area (Å²) < 4.78 is 28.0. The van der Waals surface area contributed by atoms with Gasteiger partial charge in [-0.25, -0.2) is 0 Å². The number of rotatable bonds is 7. The van der Waals surface area contributed by atoms with E-state index in [1.165, 1.54) is 0 Å². The van der Waals surface area contributed by atoms with E-state index in [0.29, 0.717) is 40.5 Å². The van der Waals surface area contributed by atoms with Crippen molar-refractivity contribution in [2.75, 3.05) is 42.1 Å². The molecule has 2 aromatic rings. The lowest BCUT2D eigenvalue weighted by Gasteiger charge is -2.38. The fourth-order valence-corrected chi connectivity index (χ4v) is 5.21. The summed E-state index contributed by atoms with van der Waals surface area (Å²) in [5, 5.41) is 10.3. The summed E-state index contributed by atoms with van der Waals surface area (Å²) in [5.41, 5.74) is 3.52. The van der Waals surface area contributed by atoms with E-state index >= 15 is 0 Å². The van der Waals surface area contributed by atoms with Crippen molar-refractivity contribution in [3.8, 4) is 34.8 Å². The number of fused-ring (bicyclic) bond motifs is 1. The Kier molecular flexibility index (Phi) is 6.55. The summed E-state index contributed by atoms with van der Waals surface area (Å²) in [6, 6.07) is 12.6. The Balaban J connectivity index is 1.97. The van der Waals surface area contributed by atoms with Gasteiger partial charge in [-0.2, -0.15) is 5.26 Å². The lowest BCUT2D eigenvalue weighted by molar-refractivity contribution is 0.291. The minimum absolute atomic E-state index is 0.0224. The van der Waals surface area contributed by atoms with Crippen LogP contribution in [0.1, 0.15) is 36.3 Å². The monoisotopic (exact) mass is 450 g/mol. The Morgan fingerprint density at radius 2 is 1.55 bits per heavy atom. The summed E-state index contributed by atoms with van der Waals surface area (Å²) in [6.07, 6.45) is 3.05. The molecular weight excluding hydrogens is 420 g/mol. The summed E-state index contributed by atoms with van der Waals surface area (Å²) in [7, 11) is 8.06. The van der Waals surface area contributed by atoms with E-state index in [2.05, 4.69) is 17.0 Å². The third-order valence-electron chi connectivity index (χ3n) is 6.69. The molecule has 2 aliphatic heterocycles. The highest BCUT2D eigenvalue weighted by Crippen LogP contribution is 2.52. The van der Waals surface area contributed by atoms with Crippen LogP contribution in [0.25, 0.3) is 5.57 Å². The SMILES string of the molecule is COc1ccc([C@@H]2C[C@@H]3CCCN3C(C#N)=C2c2ccc(OC)c(OC)c2OC)cc1OC. The van der Waals surface area contributed by atoms with Gasteiger partial charge in [0.25, 0.3) is 0 Å². The minimum atomic E-state index is -0.0224. The summed E-state index contributed by atoms with van der Waals surface area (Å²) >= 11 is 0. The van der Waals surface area contributed by atoms with Crippen LogP contribution in [-0.2, 0) is 0 Å². The van der Waals surface area contributed by atoms with Gasteiger partial charge in [0.05, 0.1) is 35.5 Å². The maximum absolute atomic E-state index is 10.3. The molecule has 0 spiro atoms. The molecule has 2 aromatic carbocycles. The molecule has 0 bridgehead atoms.